The van der Waals surface area contributed by atoms with Crippen LogP contribution in [0.25, 0.3) is 33.2 Å². The van der Waals surface area contributed by atoms with E-state index in [0.717, 1.165) is 29.0 Å². The summed E-state index contributed by atoms with van der Waals surface area (Å²) in [5.41, 5.74) is 2.88. The second-order valence-corrected chi connectivity index (χ2v) is 10.9. The molecule has 1 heterocycles. The van der Waals surface area contributed by atoms with Crippen LogP contribution in [0.5, 0.6) is 0 Å². The van der Waals surface area contributed by atoms with Gasteiger partial charge < -0.3 is 0 Å². The molecule has 4 aromatic carbocycles. The number of aromatic nitrogens is 1. The summed E-state index contributed by atoms with van der Waals surface area (Å²) in [5, 5.41) is 0.248. The highest BCUT2D eigenvalue weighted by Gasteiger charge is 2.34. The van der Waals surface area contributed by atoms with Gasteiger partial charge in [0.05, 0.1) is 16.0 Å². The fraction of sp³-hybridized carbons (Fsp3) is 0.100. The van der Waals surface area contributed by atoms with E-state index in [2.05, 4.69) is 4.98 Å². The fourth-order valence-electron chi connectivity index (χ4n) is 4.62. The standard InChI is InChI=1S/C30H22F3NO2S/c1-37(35,36)27-16-15-22(21-11-6-3-7-12-21)18-25(27)28-23(17-20-9-4-2-5-10-20)19-34-29-24(28)13-8-14-26(29)30(31,32)33/h2-16,18-19H,17H2,1H3. The van der Waals surface area contributed by atoms with E-state index in [9.17, 15) is 21.6 Å². The monoisotopic (exact) mass is 517 g/mol. The summed E-state index contributed by atoms with van der Waals surface area (Å²) < 4.78 is 67.6. The Balaban J connectivity index is 1.88. The Hall–Kier alpha value is -3.97. The van der Waals surface area contributed by atoms with Crippen LogP contribution in [0.3, 0.4) is 0 Å². The van der Waals surface area contributed by atoms with Crippen LogP contribution in [0.15, 0.2) is 108 Å². The number of hydrogen-bond donors (Lipinski definition) is 0. The third-order valence-electron chi connectivity index (χ3n) is 6.27. The number of nitrogens with zero attached hydrogens (tertiary/aromatic N) is 1. The van der Waals surface area contributed by atoms with Crippen LogP contribution >= 0.6 is 0 Å². The number of halogens is 3. The third kappa shape index (κ3) is 5.00. The molecule has 0 N–H and O–H groups in total. The molecule has 0 amide bonds. The first-order valence-electron chi connectivity index (χ1n) is 11.5. The highest BCUT2D eigenvalue weighted by molar-refractivity contribution is 7.90. The zero-order valence-corrected chi connectivity index (χ0v) is 20.6. The van der Waals surface area contributed by atoms with Gasteiger partial charge in [-0.15, -0.1) is 0 Å². The molecular weight excluding hydrogens is 495 g/mol. The van der Waals surface area contributed by atoms with Gasteiger partial charge in [0.15, 0.2) is 9.84 Å². The molecule has 186 valence electrons. The number of pyridine rings is 1. The van der Waals surface area contributed by atoms with E-state index in [1.54, 1.807) is 18.2 Å². The molecule has 7 heteroatoms. The van der Waals surface area contributed by atoms with Gasteiger partial charge in [0.2, 0.25) is 0 Å². The number of sulfone groups is 1. The Bertz CT molecular complexity index is 1700. The molecule has 0 aliphatic heterocycles. The lowest BCUT2D eigenvalue weighted by atomic mass is 9.90. The van der Waals surface area contributed by atoms with Crippen LogP contribution in [0.1, 0.15) is 16.7 Å². The first kappa shape index (κ1) is 24.7. The molecule has 0 radical (unpaired) electrons. The van der Waals surface area contributed by atoms with Crippen molar-refractivity contribution < 1.29 is 21.6 Å². The van der Waals surface area contributed by atoms with Crippen molar-refractivity contribution in [1.29, 1.82) is 0 Å². The predicted octanol–water partition coefficient (Wildman–Crippen LogP) is 7.58. The highest BCUT2D eigenvalue weighted by Crippen LogP contribution is 2.42. The number of fused-ring (bicyclic) bond motifs is 1. The van der Waals surface area contributed by atoms with Crippen molar-refractivity contribution in [2.75, 3.05) is 6.26 Å². The van der Waals surface area contributed by atoms with Gasteiger partial charge in [-0.2, -0.15) is 13.2 Å². The second kappa shape index (κ2) is 9.48. The van der Waals surface area contributed by atoms with E-state index >= 15 is 0 Å². The largest absolute Gasteiger partial charge is 0.418 e. The molecule has 5 rings (SSSR count). The van der Waals surface area contributed by atoms with E-state index in [1.165, 1.54) is 18.3 Å². The lowest BCUT2D eigenvalue weighted by Gasteiger charge is -2.19. The van der Waals surface area contributed by atoms with Gasteiger partial charge in [0.25, 0.3) is 0 Å². The van der Waals surface area contributed by atoms with Crippen molar-refractivity contribution in [3.05, 3.63) is 120 Å². The molecule has 0 bridgehead atoms. The molecule has 37 heavy (non-hydrogen) atoms. The predicted molar refractivity (Wildman–Crippen MR) is 140 cm³/mol. The minimum absolute atomic E-state index is 0.0476. The van der Waals surface area contributed by atoms with Gasteiger partial charge in [0, 0.05) is 23.4 Å². The summed E-state index contributed by atoms with van der Waals surface area (Å²) in [6.45, 7) is 0. The van der Waals surface area contributed by atoms with E-state index in [0.29, 0.717) is 23.1 Å². The van der Waals surface area contributed by atoms with E-state index < -0.39 is 21.6 Å². The molecule has 3 nitrogen and oxygen atoms in total. The maximum Gasteiger partial charge on any atom is 0.418 e. The molecule has 5 aromatic rings. The molecule has 0 fully saturated rings. The smallest absolute Gasteiger partial charge is 0.255 e. The molecule has 0 saturated heterocycles. The van der Waals surface area contributed by atoms with Crippen LogP contribution in [0.2, 0.25) is 0 Å². The summed E-state index contributed by atoms with van der Waals surface area (Å²) >= 11 is 0. The maximum absolute atomic E-state index is 13.9. The lowest BCUT2D eigenvalue weighted by Crippen LogP contribution is -2.08. The van der Waals surface area contributed by atoms with Crippen LogP contribution < -0.4 is 0 Å². The van der Waals surface area contributed by atoms with Crippen molar-refractivity contribution in [3.8, 4) is 22.3 Å². The SMILES string of the molecule is CS(=O)(=O)c1ccc(-c2ccccc2)cc1-c1c(Cc2ccccc2)cnc2c(C(F)(F)F)cccc12. The second-order valence-electron chi connectivity index (χ2n) is 8.87. The number of hydrogen-bond acceptors (Lipinski definition) is 3. The minimum atomic E-state index is -4.61. The first-order valence-corrected chi connectivity index (χ1v) is 13.4. The third-order valence-corrected chi connectivity index (χ3v) is 7.43. The number of para-hydroxylation sites is 1. The van der Waals surface area contributed by atoms with E-state index in [-0.39, 0.29) is 15.8 Å². The van der Waals surface area contributed by atoms with Crippen LogP contribution in [-0.4, -0.2) is 19.7 Å². The van der Waals surface area contributed by atoms with Crippen molar-refractivity contribution >= 4 is 20.7 Å². The van der Waals surface area contributed by atoms with Crippen LogP contribution in [0.4, 0.5) is 13.2 Å². The van der Waals surface area contributed by atoms with Gasteiger partial charge in [-0.25, -0.2) is 8.42 Å². The van der Waals surface area contributed by atoms with Crippen molar-refractivity contribution in [2.45, 2.75) is 17.5 Å². The topological polar surface area (TPSA) is 47.0 Å². The molecule has 0 unspecified atom stereocenters. The molecule has 0 saturated carbocycles. The zero-order valence-electron chi connectivity index (χ0n) is 19.8. The Morgan fingerprint density at radius 2 is 1.46 bits per heavy atom. The van der Waals surface area contributed by atoms with Crippen LogP contribution in [-0.2, 0) is 22.4 Å². The summed E-state index contributed by atoms with van der Waals surface area (Å²) in [5.74, 6) is 0. The van der Waals surface area contributed by atoms with Gasteiger partial charge in [-0.05, 0) is 52.4 Å². The number of benzene rings is 4. The average Bonchev–Trinajstić information content (AvgIpc) is 2.88. The normalized spacial score (nSPS) is 12.1. The molecule has 0 spiro atoms. The van der Waals surface area contributed by atoms with Crippen molar-refractivity contribution in [1.82, 2.24) is 4.98 Å². The maximum atomic E-state index is 13.9. The average molecular weight is 518 g/mol. The van der Waals surface area contributed by atoms with Gasteiger partial charge in [-0.3, -0.25) is 4.98 Å². The molecule has 0 atom stereocenters. The van der Waals surface area contributed by atoms with E-state index in [4.69, 9.17) is 0 Å². The Labute approximate surface area is 213 Å². The Morgan fingerprint density at radius 1 is 0.784 bits per heavy atom. The quantitative estimate of drug-likeness (QED) is 0.241. The molecule has 0 aliphatic rings. The van der Waals surface area contributed by atoms with Gasteiger partial charge >= 0.3 is 6.18 Å². The molecular formula is C30H22F3NO2S. The number of alkyl halides is 3. The number of rotatable bonds is 5. The van der Waals surface area contributed by atoms with Crippen molar-refractivity contribution in [2.24, 2.45) is 0 Å². The summed E-state index contributed by atoms with van der Waals surface area (Å²) in [4.78, 5) is 4.28. The van der Waals surface area contributed by atoms with Gasteiger partial charge in [-0.1, -0.05) is 78.9 Å². The van der Waals surface area contributed by atoms with Gasteiger partial charge in [0.1, 0.15) is 0 Å². The fourth-order valence-corrected chi connectivity index (χ4v) is 5.50. The minimum Gasteiger partial charge on any atom is -0.255 e. The summed E-state index contributed by atoms with van der Waals surface area (Å²) in [6.07, 6.45) is -1.71. The van der Waals surface area contributed by atoms with Crippen LogP contribution in [0, 0.1) is 0 Å². The summed E-state index contributed by atoms with van der Waals surface area (Å²) in [7, 11) is -3.72. The highest BCUT2D eigenvalue weighted by atomic mass is 32.2. The molecule has 0 aliphatic carbocycles. The molecule has 1 aromatic heterocycles. The zero-order chi connectivity index (χ0) is 26.2. The van der Waals surface area contributed by atoms with E-state index in [1.807, 2.05) is 60.7 Å². The Morgan fingerprint density at radius 3 is 2.11 bits per heavy atom. The van der Waals surface area contributed by atoms with Crippen molar-refractivity contribution in [3.63, 3.8) is 0 Å². The Kier molecular flexibility index (Phi) is 6.33. The lowest BCUT2D eigenvalue weighted by molar-refractivity contribution is -0.136. The first-order chi connectivity index (χ1) is 17.6. The summed E-state index contributed by atoms with van der Waals surface area (Å²) in [6, 6.07) is 27.8.